The molecule has 0 spiro atoms. The van der Waals surface area contributed by atoms with Crippen molar-refractivity contribution in [2.75, 3.05) is 0 Å². The first-order valence-electron chi connectivity index (χ1n) is 15.7. The van der Waals surface area contributed by atoms with Crippen molar-refractivity contribution in [2.24, 2.45) is 0 Å². The van der Waals surface area contributed by atoms with Crippen LogP contribution in [0, 0.1) is 0 Å². The van der Waals surface area contributed by atoms with Crippen LogP contribution in [0.1, 0.15) is 0 Å². The quantitative estimate of drug-likeness (QED) is 0.131. The van der Waals surface area contributed by atoms with E-state index in [0.717, 1.165) is 0 Å². The van der Waals surface area contributed by atoms with Gasteiger partial charge in [0.25, 0.3) is 0 Å². The first-order chi connectivity index (χ1) is 22.9. The minimum atomic E-state index is -0.852. The zero-order chi connectivity index (χ0) is 30.7. The van der Waals surface area contributed by atoms with Gasteiger partial charge in [0, 0.05) is 0 Å². The van der Waals surface area contributed by atoms with E-state index in [0.29, 0.717) is 0 Å². The second-order valence-electron chi connectivity index (χ2n) is 11.4. The van der Waals surface area contributed by atoms with Gasteiger partial charge in [0.05, 0.1) is 0 Å². The molecule has 0 aliphatic rings. The van der Waals surface area contributed by atoms with Gasteiger partial charge in [-0.1, -0.05) is 194 Å². The van der Waals surface area contributed by atoms with Crippen LogP contribution in [0.15, 0.2) is 194 Å². The van der Waals surface area contributed by atoms with Gasteiger partial charge in [-0.25, -0.2) is 0 Å². The summed E-state index contributed by atoms with van der Waals surface area (Å²) in [6.07, 6.45) is 0. The van der Waals surface area contributed by atoms with Gasteiger partial charge in [-0.05, 0) is 80.3 Å². The molecule has 0 saturated heterocycles. The molecular formula is C44H32I2P2Ru. The van der Waals surface area contributed by atoms with E-state index < -0.39 is 15.8 Å². The summed E-state index contributed by atoms with van der Waals surface area (Å²) < 4.78 is 0. The third-order valence-electron chi connectivity index (χ3n) is 8.60. The summed E-state index contributed by atoms with van der Waals surface area (Å²) in [4.78, 5) is 0. The average Bonchev–Trinajstić information content (AvgIpc) is 3.14. The van der Waals surface area contributed by atoms with Crippen molar-refractivity contribution in [1.82, 2.24) is 0 Å². The molecule has 0 heterocycles. The molecule has 8 rings (SSSR count). The predicted octanol–water partition coefficient (Wildman–Crippen LogP) is 3.18. The van der Waals surface area contributed by atoms with Crippen molar-refractivity contribution in [2.45, 2.75) is 0 Å². The summed E-state index contributed by atoms with van der Waals surface area (Å²) in [5.41, 5.74) is 2.70. The summed E-state index contributed by atoms with van der Waals surface area (Å²) in [5.74, 6) is 0. The molecule has 5 heteroatoms. The third kappa shape index (κ3) is 7.63. The SMILES string of the molecule is [I-].[I-].[Ru+2].c1ccc(P(c2ccccc2)c2ccc3ccccc3c2-c2c(P(c3ccccc3)c3ccccc3)ccc3ccccc23)cc1. The number of rotatable bonds is 7. The number of hydrogen-bond donors (Lipinski definition) is 0. The molecule has 0 atom stereocenters. The standard InChI is InChI=1S/C44H32P2.2HI.Ru/c1-5-19-35(20-6-1)45(36-21-7-2-8-22-36)41-31-29-33-17-13-15-27-39(33)43(41)44-40-28-16-14-18-34(40)30-32-42(44)46(37-23-9-3-10-24-37)38-25-11-4-12-26-38;;;/h1-32H;2*1H;/q;;;+2/p-2. The van der Waals surface area contributed by atoms with E-state index in [-0.39, 0.29) is 67.4 Å². The molecule has 8 aromatic carbocycles. The first kappa shape index (κ1) is 37.5. The van der Waals surface area contributed by atoms with Crippen LogP contribution in [0.2, 0.25) is 0 Å². The molecule has 0 saturated carbocycles. The van der Waals surface area contributed by atoms with Crippen LogP contribution in [0.5, 0.6) is 0 Å². The second kappa shape index (κ2) is 17.4. The average molecular weight is 978 g/mol. The van der Waals surface area contributed by atoms with Crippen LogP contribution in [0.3, 0.4) is 0 Å². The van der Waals surface area contributed by atoms with Crippen LogP contribution in [-0.2, 0) is 19.5 Å². The van der Waals surface area contributed by atoms with Crippen LogP contribution in [-0.4, -0.2) is 0 Å². The maximum absolute atomic E-state index is 2.42. The smallest absolute Gasteiger partial charge is 1.00 e. The Morgan fingerprint density at radius 1 is 0.265 bits per heavy atom. The number of hydrogen-bond acceptors (Lipinski definition) is 0. The second-order valence-corrected chi connectivity index (χ2v) is 15.7. The van der Waals surface area contributed by atoms with Gasteiger partial charge in [0.1, 0.15) is 0 Å². The molecule has 8 aromatic rings. The van der Waals surface area contributed by atoms with E-state index in [9.17, 15) is 0 Å². The molecule has 0 bridgehead atoms. The third-order valence-corrected chi connectivity index (χ3v) is 13.6. The summed E-state index contributed by atoms with van der Waals surface area (Å²) in [5, 5.41) is 13.3. The summed E-state index contributed by atoms with van der Waals surface area (Å²) in [6, 6.07) is 71.8. The summed E-state index contributed by atoms with van der Waals surface area (Å²) >= 11 is 0. The molecule has 0 radical (unpaired) electrons. The molecule has 0 unspecified atom stereocenters. The molecule has 0 N–H and O–H groups in total. The molecule has 0 aliphatic carbocycles. The topological polar surface area (TPSA) is 0 Å². The minimum Gasteiger partial charge on any atom is -1.00 e. The van der Waals surface area contributed by atoms with Crippen LogP contribution >= 0.6 is 15.8 Å². The van der Waals surface area contributed by atoms with Crippen molar-refractivity contribution < 1.29 is 67.4 Å². The minimum absolute atomic E-state index is 0. The van der Waals surface area contributed by atoms with Crippen molar-refractivity contribution in [3.63, 3.8) is 0 Å². The van der Waals surface area contributed by atoms with Gasteiger partial charge >= 0.3 is 19.5 Å². The Hall–Kier alpha value is -2.78. The van der Waals surface area contributed by atoms with Gasteiger partial charge in [-0.2, -0.15) is 0 Å². The Balaban J connectivity index is 0.00000156. The number of halogens is 2. The van der Waals surface area contributed by atoms with E-state index in [1.165, 1.54) is 64.5 Å². The van der Waals surface area contributed by atoms with Gasteiger partial charge in [0.2, 0.25) is 0 Å². The largest absolute Gasteiger partial charge is 2.00 e. The first-order valence-corrected chi connectivity index (χ1v) is 18.4. The van der Waals surface area contributed by atoms with Gasteiger partial charge in [0.15, 0.2) is 0 Å². The Labute approximate surface area is 338 Å². The van der Waals surface area contributed by atoms with E-state index in [4.69, 9.17) is 0 Å². The Bertz CT molecular complexity index is 2020. The summed E-state index contributed by atoms with van der Waals surface area (Å²) in [7, 11) is -1.70. The van der Waals surface area contributed by atoms with E-state index in [1.54, 1.807) is 0 Å². The molecule has 0 nitrogen and oxygen atoms in total. The van der Waals surface area contributed by atoms with Crippen LogP contribution in [0.4, 0.5) is 0 Å². The molecular weight excluding hydrogens is 945 g/mol. The van der Waals surface area contributed by atoms with Gasteiger partial charge in [-0.3, -0.25) is 0 Å². The zero-order valence-corrected chi connectivity index (χ0v) is 34.3. The van der Waals surface area contributed by atoms with Gasteiger partial charge < -0.3 is 48.0 Å². The molecule has 240 valence electrons. The molecule has 0 fully saturated rings. The van der Waals surface area contributed by atoms with E-state index >= 15 is 0 Å². The van der Waals surface area contributed by atoms with E-state index in [1.807, 2.05) is 0 Å². The molecule has 0 aliphatic heterocycles. The predicted molar refractivity (Wildman–Crippen MR) is 204 cm³/mol. The number of fused-ring (bicyclic) bond motifs is 2. The summed E-state index contributed by atoms with van der Waals surface area (Å²) in [6.45, 7) is 0. The van der Waals surface area contributed by atoms with Gasteiger partial charge in [-0.15, -0.1) is 0 Å². The monoisotopic (exact) mass is 978 g/mol. The normalized spacial score (nSPS) is 10.7. The zero-order valence-electron chi connectivity index (χ0n) is 26.5. The van der Waals surface area contributed by atoms with Crippen molar-refractivity contribution in [1.29, 1.82) is 0 Å². The van der Waals surface area contributed by atoms with Crippen molar-refractivity contribution in [3.05, 3.63) is 194 Å². The maximum Gasteiger partial charge on any atom is 2.00 e. The Morgan fingerprint density at radius 3 is 0.837 bits per heavy atom. The fourth-order valence-corrected chi connectivity index (χ4v) is 11.5. The van der Waals surface area contributed by atoms with Crippen LogP contribution < -0.4 is 79.8 Å². The van der Waals surface area contributed by atoms with Crippen molar-refractivity contribution in [3.8, 4) is 11.1 Å². The van der Waals surface area contributed by atoms with Crippen molar-refractivity contribution >= 4 is 69.2 Å². The molecule has 49 heavy (non-hydrogen) atoms. The molecule has 0 amide bonds. The van der Waals surface area contributed by atoms with Crippen LogP contribution in [0.25, 0.3) is 32.7 Å². The Morgan fingerprint density at radius 2 is 0.531 bits per heavy atom. The fraction of sp³-hybridized carbons (Fsp3) is 0. The maximum atomic E-state index is 2.42. The fourth-order valence-electron chi connectivity index (χ4n) is 6.58. The molecule has 0 aromatic heterocycles. The van der Waals surface area contributed by atoms with E-state index in [2.05, 4.69) is 194 Å². The Kier molecular flexibility index (Phi) is 13.3. The number of benzene rings is 8.